The number of halogens is 1. The zero-order valence-electron chi connectivity index (χ0n) is 17.6. The van der Waals surface area contributed by atoms with Gasteiger partial charge in [0.15, 0.2) is 0 Å². The van der Waals surface area contributed by atoms with Gasteiger partial charge in [0.25, 0.3) is 0 Å². The summed E-state index contributed by atoms with van der Waals surface area (Å²) >= 11 is 0. The van der Waals surface area contributed by atoms with Gasteiger partial charge in [0, 0.05) is 36.4 Å². The van der Waals surface area contributed by atoms with Gasteiger partial charge in [-0.3, -0.25) is 4.79 Å². The second-order valence-corrected chi connectivity index (χ2v) is 7.45. The summed E-state index contributed by atoms with van der Waals surface area (Å²) in [5.41, 5.74) is 2.24. The molecule has 7 heteroatoms. The van der Waals surface area contributed by atoms with Gasteiger partial charge in [0.1, 0.15) is 23.4 Å². The summed E-state index contributed by atoms with van der Waals surface area (Å²) in [5.74, 6) is -0.216. The van der Waals surface area contributed by atoms with Gasteiger partial charge in [0.2, 0.25) is 5.91 Å². The molecular weight excluding hydrogens is 411 g/mol. The molecule has 6 nitrogen and oxygen atoms in total. The molecule has 0 unspecified atom stereocenters. The lowest BCUT2D eigenvalue weighted by atomic mass is 10.0. The number of aromatic amines is 1. The molecule has 2 aromatic heterocycles. The second kappa shape index (κ2) is 9.51. The van der Waals surface area contributed by atoms with Crippen molar-refractivity contribution < 1.29 is 23.1 Å². The van der Waals surface area contributed by atoms with Crippen LogP contribution in [-0.4, -0.2) is 30.0 Å². The molecule has 0 spiro atoms. The van der Waals surface area contributed by atoms with Crippen molar-refractivity contribution in [2.24, 2.45) is 0 Å². The summed E-state index contributed by atoms with van der Waals surface area (Å²) in [6.45, 7) is 0. The maximum absolute atomic E-state index is 13.9. The molecule has 2 N–H and O–H groups in total. The smallest absolute Gasteiger partial charge is 0.328 e. The van der Waals surface area contributed by atoms with Gasteiger partial charge < -0.3 is 19.5 Å². The summed E-state index contributed by atoms with van der Waals surface area (Å²) in [7, 11) is 1.30. The largest absolute Gasteiger partial charge is 0.467 e. The lowest BCUT2D eigenvalue weighted by Crippen LogP contribution is -2.43. The van der Waals surface area contributed by atoms with Crippen molar-refractivity contribution in [2.45, 2.75) is 25.3 Å². The monoisotopic (exact) mass is 434 g/mol. The van der Waals surface area contributed by atoms with Crippen LogP contribution in [0, 0.1) is 5.82 Å². The lowest BCUT2D eigenvalue weighted by Gasteiger charge is -2.16. The Morgan fingerprint density at radius 2 is 1.88 bits per heavy atom. The minimum Gasteiger partial charge on any atom is -0.467 e. The van der Waals surface area contributed by atoms with E-state index < -0.39 is 12.0 Å². The first-order valence-corrected chi connectivity index (χ1v) is 10.3. The van der Waals surface area contributed by atoms with Crippen LogP contribution in [-0.2, 0) is 27.2 Å². The number of carbonyl (C=O) groups is 2. The van der Waals surface area contributed by atoms with Crippen LogP contribution in [0.2, 0.25) is 0 Å². The first-order valence-electron chi connectivity index (χ1n) is 10.3. The SMILES string of the molecule is COC(=O)[C@@H](Cc1c[nH]c2ccccc12)NC(=O)CCc1ccc(-c2ccccc2F)o1. The highest BCUT2D eigenvalue weighted by Gasteiger charge is 2.23. The third kappa shape index (κ3) is 4.72. The van der Waals surface area contributed by atoms with Crippen molar-refractivity contribution in [3.05, 3.63) is 84.0 Å². The number of methoxy groups -OCH3 is 1. The number of fused-ring (bicyclic) bond motifs is 1. The van der Waals surface area contributed by atoms with Crippen molar-refractivity contribution in [1.82, 2.24) is 10.3 Å². The number of esters is 1. The highest BCUT2D eigenvalue weighted by molar-refractivity contribution is 5.87. The number of ether oxygens (including phenoxy) is 1. The number of furan rings is 1. The Hall–Kier alpha value is -3.87. The fraction of sp³-hybridized carbons (Fsp3) is 0.200. The average Bonchev–Trinajstić information content (AvgIpc) is 3.44. The van der Waals surface area contributed by atoms with Crippen LogP contribution < -0.4 is 5.32 Å². The number of rotatable bonds is 8. The Labute approximate surface area is 184 Å². The van der Waals surface area contributed by atoms with E-state index in [0.717, 1.165) is 16.5 Å². The number of hydrogen-bond acceptors (Lipinski definition) is 4. The second-order valence-electron chi connectivity index (χ2n) is 7.45. The standard InChI is InChI=1S/C25H23FN2O4/c1-31-25(30)22(14-16-15-27-21-9-5-3-6-18(16)21)28-24(29)13-11-17-10-12-23(32-17)19-7-2-4-8-20(19)26/h2-10,12,15,22,27H,11,13-14H2,1H3,(H,28,29)/t22-/m1/s1. The molecule has 164 valence electrons. The first kappa shape index (κ1) is 21.4. The van der Waals surface area contributed by atoms with Crippen LogP contribution >= 0.6 is 0 Å². The van der Waals surface area contributed by atoms with Gasteiger partial charge in [-0.05, 0) is 35.9 Å². The predicted molar refractivity (Wildman–Crippen MR) is 118 cm³/mol. The summed E-state index contributed by atoms with van der Waals surface area (Å²) in [6, 6.07) is 16.7. The van der Waals surface area contributed by atoms with E-state index in [1.807, 2.05) is 30.5 Å². The fourth-order valence-electron chi connectivity index (χ4n) is 3.68. The Bertz CT molecular complexity index is 1240. The number of nitrogens with one attached hydrogen (secondary N) is 2. The zero-order chi connectivity index (χ0) is 22.5. The van der Waals surface area contributed by atoms with E-state index in [0.29, 0.717) is 29.9 Å². The number of para-hydroxylation sites is 1. The van der Waals surface area contributed by atoms with Gasteiger partial charge in [-0.1, -0.05) is 30.3 Å². The third-order valence-corrected chi connectivity index (χ3v) is 5.32. The quantitative estimate of drug-likeness (QED) is 0.403. The highest BCUT2D eigenvalue weighted by atomic mass is 19.1. The molecule has 0 aliphatic carbocycles. The molecule has 2 aromatic carbocycles. The molecule has 1 amide bonds. The molecule has 1 atom stereocenters. The highest BCUT2D eigenvalue weighted by Crippen LogP contribution is 2.25. The minimum absolute atomic E-state index is 0.117. The van der Waals surface area contributed by atoms with Crippen molar-refractivity contribution in [2.75, 3.05) is 7.11 Å². The number of H-pyrrole nitrogens is 1. The normalized spacial score (nSPS) is 11.9. The van der Waals surface area contributed by atoms with Crippen LogP contribution in [0.3, 0.4) is 0 Å². The van der Waals surface area contributed by atoms with Gasteiger partial charge in [-0.25, -0.2) is 9.18 Å². The zero-order valence-corrected chi connectivity index (χ0v) is 17.6. The predicted octanol–water partition coefficient (Wildman–Crippen LogP) is 4.40. The van der Waals surface area contributed by atoms with Crippen molar-refractivity contribution >= 4 is 22.8 Å². The topological polar surface area (TPSA) is 84.3 Å². The molecular formula is C25H23FN2O4. The molecule has 0 saturated heterocycles. The lowest BCUT2D eigenvalue weighted by molar-refractivity contribution is -0.145. The maximum Gasteiger partial charge on any atom is 0.328 e. The Balaban J connectivity index is 1.39. The van der Waals surface area contributed by atoms with Crippen LogP contribution in [0.4, 0.5) is 4.39 Å². The first-order chi connectivity index (χ1) is 15.5. The van der Waals surface area contributed by atoms with Gasteiger partial charge in [0.05, 0.1) is 12.7 Å². The molecule has 4 aromatic rings. The number of aryl methyl sites for hydroxylation is 1. The van der Waals surface area contributed by atoms with Gasteiger partial charge >= 0.3 is 5.97 Å². The van der Waals surface area contributed by atoms with Gasteiger partial charge in [-0.2, -0.15) is 0 Å². The van der Waals surface area contributed by atoms with Crippen LogP contribution in [0.25, 0.3) is 22.2 Å². The molecule has 32 heavy (non-hydrogen) atoms. The van der Waals surface area contributed by atoms with E-state index in [-0.39, 0.29) is 18.1 Å². The molecule has 0 bridgehead atoms. The maximum atomic E-state index is 13.9. The van der Waals surface area contributed by atoms with Crippen molar-refractivity contribution in [3.8, 4) is 11.3 Å². The number of aromatic nitrogens is 1. The molecule has 0 radical (unpaired) electrons. The molecule has 0 saturated carbocycles. The number of benzene rings is 2. The number of carbonyl (C=O) groups excluding carboxylic acids is 2. The molecule has 2 heterocycles. The summed E-state index contributed by atoms with van der Waals surface area (Å²) in [6.07, 6.45) is 2.58. The van der Waals surface area contributed by atoms with E-state index >= 15 is 0 Å². The Kier molecular flexibility index (Phi) is 6.35. The fourth-order valence-corrected chi connectivity index (χ4v) is 3.68. The number of amides is 1. The van der Waals surface area contributed by atoms with Crippen LogP contribution in [0.1, 0.15) is 17.7 Å². The average molecular weight is 434 g/mol. The summed E-state index contributed by atoms with van der Waals surface area (Å²) < 4.78 is 24.5. The van der Waals surface area contributed by atoms with E-state index in [9.17, 15) is 14.0 Å². The minimum atomic E-state index is -0.808. The van der Waals surface area contributed by atoms with Crippen LogP contribution in [0.15, 0.2) is 71.3 Å². The Morgan fingerprint density at radius 1 is 1.09 bits per heavy atom. The molecule has 0 aliphatic rings. The van der Waals surface area contributed by atoms with Crippen molar-refractivity contribution in [1.29, 1.82) is 0 Å². The molecule has 0 fully saturated rings. The van der Waals surface area contributed by atoms with E-state index in [1.54, 1.807) is 30.3 Å². The summed E-state index contributed by atoms with van der Waals surface area (Å²) in [4.78, 5) is 28.0. The number of hydrogen-bond donors (Lipinski definition) is 2. The van der Waals surface area contributed by atoms with Crippen molar-refractivity contribution in [3.63, 3.8) is 0 Å². The molecule has 4 rings (SSSR count). The van der Waals surface area contributed by atoms with E-state index in [1.165, 1.54) is 13.2 Å². The van der Waals surface area contributed by atoms with E-state index in [4.69, 9.17) is 9.15 Å². The third-order valence-electron chi connectivity index (χ3n) is 5.32. The van der Waals surface area contributed by atoms with Gasteiger partial charge in [-0.15, -0.1) is 0 Å². The summed E-state index contributed by atoms with van der Waals surface area (Å²) in [5, 5.41) is 3.75. The van der Waals surface area contributed by atoms with E-state index in [2.05, 4.69) is 10.3 Å². The Morgan fingerprint density at radius 3 is 2.69 bits per heavy atom. The molecule has 0 aliphatic heterocycles. The van der Waals surface area contributed by atoms with Crippen LogP contribution in [0.5, 0.6) is 0 Å².